The van der Waals surface area contributed by atoms with Crippen molar-refractivity contribution in [2.75, 3.05) is 6.54 Å². The van der Waals surface area contributed by atoms with Crippen LogP contribution in [0.15, 0.2) is 55.0 Å². The first kappa shape index (κ1) is 16.7. The Morgan fingerprint density at radius 3 is 2.82 bits per heavy atom. The zero-order valence-electron chi connectivity index (χ0n) is 15.3. The molecule has 28 heavy (non-hydrogen) atoms. The van der Waals surface area contributed by atoms with Gasteiger partial charge in [-0.2, -0.15) is 5.10 Å². The lowest BCUT2D eigenvalue weighted by molar-refractivity contribution is 0.0455. The summed E-state index contributed by atoms with van der Waals surface area (Å²) in [6.07, 6.45) is 6.06. The first-order valence-electron chi connectivity index (χ1n) is 9.14. The normalized spacial score (nSPS) is 16.4. The number of benzene rings is 1. The van der Waals surface area contributed by atoms with Crippen LogP contribution < -0.4 is 0 Å². The summed E-state index contributed by atoms with van der Waals surface area (Å²) in [6, 6.07) is 10.2. The lowest BCUT2D eigenvalue weighted by Crippen LogP contribution is -2.45. The number of aromatic amines is 1. The van der Waals surface area contributed by atoms with Crippen LogP contribution in [0.5, 0.6) is 0 Å². The Morgan fingerprint density at radius 1 is 1.25 bits per heavy atom. The first-order valence-corrected chi connectivity index (χ1v) is 9.14. The van der Waals surface area contributed by atoms with Crippen molar-refractivity contribution >= 4 is 16.9 Å². The Kier molecular flexibility index (Phi) is 3.75. The van der Waals surface area contributed by atoms with E-state index in [4.69, 9.17) is 0 Å². The van der Waals surface area contributed by atoms with Gasteiger partial charge in [-0.05, 0) is 24.6 Å². The average Bonchev–Trinajstić information content (AvgIpc) is 3.31. The number of hydrogen-bond acceptors (Lipinski definition) is 3. The fraction of sp³-hybridized carbons (Fsp3) is 0.190. The third-order valence-corrected chi connectivity index (χ3v) is 5.39. The Morgan fingerprint density at radius 2 is 2.11 bits per heavy atom. The van der Waals surface area contributed by atoms with E-state index in [1.165, 1.54) is 6.07 Å². The number of aryl methyl sites for hydroxylation is 1. The molecule has 1 aliphatic rings. The summed E-state index contributed by atoms with van der Waals surface area (Å²) in [7, 11) is 1.87. The molecule has 0 saturated carbocycles. The number of carbonyl (C=O) groups is 1. The van der Waals surface area contributed by atoms with Gasteiger partial charge >= 0.3 is 0 Å². The maximum atomic E-state index is 14.2. The van der Waals surface area contributed by atoms with E-state index in [1.807, 2.05) is 23.7 Å². The van der Waals surface area contributed by atoms with E-state index in [9.17, 15) is 9.18 Å². The van der Waals surface area contributed by atoms with Gasteiger partial charge in [0, 0.05) is 42.5 Å². The van der Waals surface area contributed by atoms with E-state index in [0.717, 1.165) is 28.7 Å². The maximum absolute atomic E-state index is 14.2. The van der Waals surface area contributed by atoms with Crippen molar-refractivity contribution in [1.82, 2.24) is 24.6 Å². The standard InChI is InChI=1S/C21H18FN5O/c1-26-12-16(14-6-7-18(25-20(14)26)13-10-23-24-11-13)21(28)27-9-8-19(27)15-4-2-3-5-17(15)22/h2-7,10-12,19H,8-9H2,1H3,(H,23,24)/t19-/m1/s1. The van der Waals surface area contributed by atoms with Gasteiger partial charge < -0.3 is 9.47 Å². The van der Waals surface area contributed by atoms with Gasteiger partial charge in [0.05, 0.1) is 23.5 Å². The Labute approximate surface area is 160 Å². The van der Waals surface area contributed by atoms with Gasteiger partial charge in [-0.3, -0.25) is 9.89 Å². The van der Waals surface area contributed by atoms with Gasteiger partial charge in [-0.15, -0.1) is 0 Å². The minimum Gasteiger partial charge on any atom is -0.335 e. The molecule has 1 saturated heterocycles. The number of rotatable bonds is 3. The summed E-state index contributed by atoms with van der Waals surface area (Å²) in [5, 5.41) is 7.53. The van der Waals surface area contributed by atoms with Crippen LogP contribution in [-0.2, 0) is 7.05 Å². The van der Waals surface area contributed by atoms with Crippen molar-refractivity contribution in [2.24, 2.45) is 7.05 Å². The fourth-order valence-electron chi connectivity index (χ4n) is 3.83. The van der Waals surface area contributed by atoms with Crippen molar-refractivity contribution in [3.8, 4) is 11.3 Å². The molecule has 7 heteroatoms. The quantitative estimate of drug-likeness (QED) is 0.594. The van der Waals surface area contributed by atoms with Crippen LogP contribution in [0.4, 0.5) is 4.39 Å². The molecule has 1 atom stereocenters. The molecule has 0 aliphatic carbocycles. The van der Waals surface area contributed by atoms with Gasteiger partial charge in [-0.1, -0.05) is 18.2 Å². The van der Waals surface area contributed by atoms with Crippen LogP contribution in [0.2, 0.25) is 0 Å². The Bertz CT molecular complexity index is 1180. The highest BCUT2D eigenvalue weighted by Crippen LogP contribution is 2.37. The molecule has 0 spiro atoms. The van der Waals surface area contributed by atoms with Crippen LogP contribution in [0.25, 0.3) is 22.3 Å². The lowest BCUT2D eigenvalue weighted by atomic mass is 9.93. The third kappa shape index (κ3) is 2.51. The van der Waals surface area contributed by atoms with E-state index in [2.05, 4.69) is 15.2 Å². The number of aromatic nitrogens is 4. The van der Waals surface area contributed by atoms with Crippen molar-refractivity contribution in [1.29, 1.82) is 0 Å². The molecule has 1 aliphatic heterocycles. The number of carbonyl (C=O) groups excluding carboxylic acids is 1. The minimum atomic E-state index is -0.269. The topological polar surface area (TPSA) is 66.8 Å². The van der Waals surface area contributed by atoms with Gasteiger partial charge in [0.15, 0.2) is 0 Å². The van der Waals surface area contributed by atoms with Crippen LogP contribution >= 0.6 is 0 Å². The highest BCUT2D eigenvalue weighted by molar-refractivity contribution is 6.06. The minimum absolute atomic E-state index is 0.0945. The molecule has 4 heterocycles. The third-order valence-electron chi connectivity index (χ3n) is 5.39. The fourth-order valence-corrected chi connectivity index (χ4v) is 3.83. The molecule has 1 fully saturated rings. The molecular weight excluding hydrogens is 357 g/mol. The van der Waals surface area contributed by atoms with Crippen molar-refractivity contribution in [3.63, 3.8) is 0 Å². The zero-order valence-corrected chi connectivity index (χ0v) is 15.3. The summed E-state index contributed by atoms with van der Waals surface area (Å²) in [5.41, 5.74) is 3.56. The largest absolute Gasteiger partial charge is 0.335 e. The van der Waals surface area contributed by atoms with E-state index >= 15 is 0 Å². The van der Waals surface area contributed by atoms with Crippen molar-refractivity contribution in [2.45, 2.75) is 12.5 Å². The summed E-state index contributed by atoms with van der Waals surface area (Å²) in [4.78, 5) is 19.6. The molecule has 1 amide bonds. The number of fused-ring (bicyclic) bond motifs is 1. The summed E-state index contributed by atoms with van der Waals surface area (Å²) >= 11 is 0. The smallest absolute Gasteiger partial charge is 0.256 e. The number of halogens is 1. The number of hydrogen-bond donors (Lipinski definition) is 1. The van der Waals surface area contributed by atoms with Crippen LogP contribution in [-0.4, -0.2) is 37.1 Å². The molecular formula is C21H18FN5O. The lowest BCUT2D eigenvalue weighted by Gasteiger charge is -2.41. The van der Waals surface area contributed by atoms with E-state index in [0.29, 0.717) is 17.7 Å². The summed E-state index contributed by atoms with van der Waals surface area (Å²) < 4.78 is 16.0. The second kappa shape index (κ2) is 6.30. The van der Waals surface area contributed by atoms with Gasteiger partial charge in [0.2, 0.25) is 0 Å². The molecule has 0 radical (unpaired) electrons. The van der Waals surface area contributed by atoms with E-state index < -0.39 is 0 Å². The molecule has 0 bridgehead atoms. The van der Waals surface area contributed by atoms with Crippen LogP contribution in [0.1, 0.15) is 28.4 Å². The average molecular weight is 375 g/mol. The number of nitrogens with one attached hydrogen (secondary N) is 1. The molecule has 5 rings (SSSR count). The van der Waals surface area contributed by atoms with Crippen molar-refractivity contribution < 1.29 is 9.18 Å². The predicted molar refractivity (Wildman–Crippen MR) is 103 cm³/mol. The Hall–Kier alpha value is -3.48. The molecule has 6 nitrogen and oxygen atoms in total. The maximum Gasteiger partial charge on any atom is 0.256 e. The molecule has 3 aromatic heterocycles. The highest BCUT2D eigenvalue weighted by atomic mass is 19.1. The van der Waals surface area contributed by atoms with Crippen LogP contribution in [0, 0.1) is 5.82 Å². The summed E-state index contributed by atoms with van der Waals surface area (Å²) in [6.45, 7) is 0.620. The zero-order chi connectivity index (χ0) is 19.3. The molecule has 1 aromatic carbocycles. The second-order valence-electron chi connectivity index (χ2n) is 7.03. The molecule has 1 N–H and O–H groups in total. The van der Waals surface area contributed by atoms with E-state index in [1.54, 1.807) is 41.7 Å². The SMILES string of the molecule is Cn1cc(C(=O)N2CC[C@@H]2c2ccccc2F)c2ccc(-c3cn[nH]c3)nc21. The van der Waals surface area contributed by atoms with Crippen LogP contribution in [0.3, 0.4) is 0 Å². The van der Waals surface area contributed by atoms with Gasteiger partial charge in [0.1, 0.15) is 11.5 Å². The first-order chi connectivity index (χ1) is 13.6. The molecule has 4 aromatic rings. The Balaban J connectivity index is 1.51. The number of pyridine rings is 1. The van der Waals surface area contributed by atoms with Gasteiger partial charge in [0.25, 0.3) is 5.91 Å². The summed E-state index contributed by atoms with van der Waals surface area (Å²) in [5.74, 6) is -0.364. The molecule has 140 valence electrons. The number of nitrogens with zero attached hydrogens (tertiary/aromatic N) is 4. The highest BCUT2D eigenvalue weighted by Gasteiger charge is 2.36. The van der Waals surface area contributed by atoms with Gasteiger partial charge in [-0.25, -0.2) is 9.37 Å². The number of likely N-dealkylation sites (tertiary alicyclic amines) is 1. The predicted octanol–water partition coefficient (Wildman–Crippen LogP) is 3.69. The van der Waals surface area contributed by atoms with Crippen molar-refractivity contribution in [3.05, 3.63) is 71.9 Å². The van der Waals surface area contributed by atoms with E-state index in [-0.39, 0.29) is 17.8 Å². The number of amides is 1. The second-order valence-corrected chi connectivity index (χ2v) is 7.03. The molecule has 0 unspecified atom stereocenters. The monoisotopic (exact) mass is 375 g/mol. The number of H-pyrrole nitrogens is 1.